The second kappa shape index (κ2) is 5.34. The number of Topliss-reactive ketones (excluding diaryl/α,β-unsaturated/α-hetero) is 1. The quantitative estimate of drug-likeness (QED) is 0.842. The van der Waals surface area contributed by atoms with Crippen LogP contribution in [0, 0.1) is 23.1 Å². The fraction of sp³-hybridized carbons (Fsp3) is 0.500. The van der Waals surface area contributed by atoms with Crippen molar-refractivity contribution in [1.29, 1.82) is 5.26 Å². The molecule has 2 saturated heterocycles. The maximum Gasteiger partial charge on any atom is 0.167 e. The summed E-state index contributed by atoms with van der Waals surface area (Å²) in [5.41, 5.74) is 0.138. The van der Waals surface area contributed by atoms with Gasteiger partial charge in [0, 0.05) is 23.6 Å². The maximum absolute atomic E-state index is 13.6. The Bertz CT molecular complexity index is 566. The van der Waals surface area contributed by atoms with E-state index in [1.165, 1.54) is 18.6 Å². The van der Waals surface area contributed by atoms with Crippen molar-refractivity contribution in [2.24, 2.45) is 5.92 Å². The van der Waals surface area contributed by atoms with Crippen LogP contribution in [0.25, 0.3) is 0 Å². The van der Waals surface area contributed by atoms with Crippen LogP contribution >= 0.6 is 0 Å². The van der Waals surface area contributed by atoms with Crippen LogP contribution in [0.1, 0.15) is 48.0 Å². The molecule has 1 N–H and O–H groups in total. The van der Waals surface area contributed by atoms with Gasteiger partial charge in [0.2, 0.25) is 0 Å². The van der Waals surface area contributed by atoms with E-state index < -0.39 is 5.82 Å². The molecule has 1 aromatic carbocycles. The van der Waals surface area contributed by atoms with Crippen molar-refractivity contribution >= 4 is 5.78 Å². The van der Waals surface area contributed by atoms with Gasteiger partial charge in [-0.15, -0.1) is 0 Å². The number of fused-ring (bicyclic) bond motifs is 2. The number of carbonyl (C=O) groups is 1. The van der Waals surface area contributed by atoms with Gasteiger partial charge in [-0.2, -0.15) is 5.26 Å². The molecule has 20 heavy (non-hydrogen) atoms. The van der Waals surface area contributed by atoms with Crippen LogP contribution in [0.2, 0.25) is 0 Å². The molecule has 2 aliphatic rings. The number of carbonyl (C=O) groups excluding carboxylic acids is 1. The highest BCUT2D eigenvalue weighted by molar-refractivity contribution is 6.00. The highest BCUT2D eigenvalue weighted by atomic mass is 19.1. The molecular formula is C16H17FN2O. The lowest BCUT2D eigenvalue weighted by Gasteiger charge is -2.39. The first kappa shape index (κ1) is 13.3. The minimum absolute atomic E-state index is 0.0700. The molecule has 3 rings (SSSR count). The summed E-state index contributed by atoms with van der Waals surface area (Å²) in [7, 11) is 0. The standard InChI is InChI=1S/C16H17FN2O/c17-15-6-2-5-13(14(15)9-18)16(20)10-7-11-3-1-4-12(8-10)19-11/h2,5-6,10-12,19H,1,3-4,7-8H2. The smallest absolute Gasteiger partial charge is 0.167 e. The van der Waals surface area contributed by atoms with Gasteiger partial charge in [-0.25, -0.2) is 4.39 Å². The maximum atomic E-state index is 13.6. The predicted molar refractivity (Wildman–Crippen MR) is 72.7 cm³/mol. The molecule has 2 fully saturated rings. The summed E-state index contributed by atoms with van der Waals surface area (Å²) in [5, 5.41) is 12.6. The summed E-state index contributed by atoms with van der Waals surface area (Å²) in [5.74, 6) is -0.757. The van der Waals surface area contributed by atoms with Gasteiger partial charge in [-0.3, -0.25) is 4.79 Å². The number of nitriles is 1. The van der Waals surface area contributed by atoms with Gasteiger partial charge in [0.05, 0.1) is 5.56 Å². The Morgan fingerprint density at radius 1 is 1.30 bits per heavy atom. The molecule has 0 radical (unpaired) electrons. The summed E-state index contributed by atoms with van der Waals surface area (Å²) < 4.78 is 13.6. The molecule has 4 heteroatoms. The van der Waals surface area contributed by atoms with E-state index in [2.05, 4.69) is 5.32 Å². The SMILES string of the molecule is N#Cc1c(F)cccc1C(=O)C1CC2CCCC(C1)N2. The number of benzene rings is 1. The summed E-state index contributed by atoms with van der Waals surface area (Å²) >= 11 is 0. The Kier molecular flexibility index (Phi) is 3.54. The molecule has 0 aromatic heterocycles. The molecule has 104 valence electrons. The van der Waals surface area contributed by atoms with Crippen molar-refractivity contribution < 1.29 is 9.18 Å². The molecule has 2 bridgehead atoms. The number of hydrogen-bond acceptors (Lipinski definition) is 3. The monoisotopic (exact) mass is 272 g/mol. The third-order valence-corrected chi connectivity index (χ3v) is 4.48. The van der Waals surface area contributed by atoms with E-state index in [1.54, 1.807) is 6.07 Å². The Balaban J connectivity index is 1.86. The molecule has 0 spiro atoms. The lowest BCUT2D eigenvalue weighted by molar-refractivity contribution is 0.0824. The first-order chi connectivity index (χ1) is 9.69. The molecule has 0 amide bonds. The molecule has 1 aromatic rings. The van der Waals surface area contributed by atoms with Gasteiger partial charge >= 0.3 is 0 Å². The average molecular weight is 272 g/mol. The highest BCUT2D eigenvalue weighted by Gasteiger charge is 2.35. The number of nitrogens with zero attached hydrogens (tertiary/aromatic N) is 1. The summed E-state index contributed by atoms with van der Waals surface area (Å²) in [6.07, 6.45) is 5.03. The molecule has 0 saturated carbocycles. The molecule has 2 unspecified atom stereocenters. The molecule has 2 heterocycles. The Morgan fingerprint density at radius 2 is 2.00 bits per heavy atom. The number of piperidine rings is 2. The van der Waals surface area contributed by atoms with E-state index in [0.717, 1.165) is 25.7 Å². The van der Waals surface area contributed by atoms with E-state index in [-0.39, 0.29) is 22.8 Å². The van der Waals surface area contributed by atoms with Crippen molar-refractivity contribution in [1.82, 2.24) is 5.32 Å². The first-order valence-corrected chi connectivity index (χ1v) is 7.18. The molecular weight excluding hydrogens is 255 g/mol. The predicted octanol–water partition coefficient (Wildman–Crippen LogP) is 2.80. The number of nitrogens with one attached hydrogen (secondary N) is 1. The van der Waals surface area contributed by atoms with E-state index >= 15 is 0 Å². The van der Waals surface area contributed by atoms with Crippen LogP contribution in [0.4, 0.5) is 4.39 Å². The van der Waals surface area contributed by atoms with E-state index in [1.807, 2.05) is 6.07 Å². The molecule has 0 aliphatic carbocycles. The van der Waals surface area contributed by atoms with Gasteiger partial charge in [0.15, 0.2) is 5.78 Å². The van der Waals surface area contributed by atoms with Gasteiger partial charge in [-0.05, 0) is 37.8 Å². The normalized spacial score (nSPS) is 28.7. The number of halogens is 1. The summed E-state index contributed by atoms with van der Waals surface area (Å²) in [6, 6.07) is 6.93. The average Bonchev–Trinajstić information content (AvgIpc) is 2.45. The van der Waals surface area contributed by atoms with Crippen LogP contribution in [0.5, 0.6) is 0 Å². The fourth-order valence-electron chi connectivity index (χ4n) is 3.54. The van der Waals surface area contributed by atoms with Gasteiger partial charge in [-0.1, -0.05) is 12.5 Å². The lowest BCUT2D eigenvalue weighted by Crippen LogP contribution is -2.50. The van der Waals surface area contributed by atoms with Crippen LogP contribution in [0.15, 0.2) is 18.2 Å². The third-order valence-electron chi connectivity index (χ3n) is 4.48. The Hall–Kier alpha value is -1.73. The van der Waals surface area contributed by atoms with Crippen LogP contribution < -0.4 is 5.32 Å². The number of rotatable bonds is 2. The van der Waals surface area contributed by atoms with Crippen LogP contribution in [-0.2, 0) is 0 Å². The molecule has 2 aliphatic heterocycles. The Labute approximate surface area is 117 Å². The van der Waals surface area contributed by atoms with Crippen molar-refractivity contribution in [2.45, 2.75) is 44.2 Å². The topological polar surface area (TPSA) is 52.9 Å². The second-order valence-corrected chi connectivity index (χ2v) is 5.80. The van der Waals surface area contributed by atoms with E-state index in [9.17, 15) is 9.18 Å². The minimum Gasteiger partial charge on any atom is -0.311 e. The first-order valence-electron chi connectivity index (χ1n) is 7.18. The third kappa shape index (κ3) is 2.34. The lowest BCUT2D eigenvalue weighted by atomic mass is 9.77. The zero-order valence-corrected chi connectivity index (χ0v) is 11.2. The van der Waals surface area contributed by atoms with E-state index in [0.29, 0.717) is 12.1 Å². The van der Waals surface area contributed by atoms with E-state index in [4.69, 9.17) is 5.26 Å². The Morgan fingerprint density at radius 3 is 2.65 bits per heavy atom. The van der Waals surface area contributed by atoms with Gasteiger partial charge in [0.25, 0.3) is 0 Å². The van der Waals surface area contributed by atoms with Crippen molar-refractivity contribution in [3.63, 3.8) is 0 Å². The van der Waals surface area contributed by atoms with Gasteiger partial charge < -0.3 is 5.32 Å². The van der Waals surface area contributed by atoms with Crippen molar-refractivity contribution in [3.8, 4) is 6.07 Å². The fourth-order valence-corrected chi connectivity index (χ4v) is 3.54. The minimum atomic E-state index is -0.604. The van der Waals surface area contributed by atoms with Crippen LogP contribution in [0.3, 0.4) is 0 Å². The largest absolute Gasteiger partial charge is 0.311 e. The summed E-state index contributed by atoms with van der Waals surface area (Å²) in [4.78, 5) is 12.6. The zero-order chi connectivity index (χ0) is 14.1. The highest BCUT2D eigenvalue weighted by Crippen LogP contribution is 2.32. The molecule has 2 atom stereocenters. The second-order valence-electron chi connectivity index (χ2n) is 5.80. The van der Waals surface area contributed by atoms with Crippen molar-refractivity contribution in [3.05, 3.63) is 35.1 Å². The number of hydrogen-bond donors (Lipinski definition) is 1. The van der Waals surface area contributed by atoms with Gasteiger partial charge in [0.1, 0.15) is 11.9 Å². The number of ketones is 1. The van der Waals surface area contributed by atoms with Crippen molar-refractivity contribution in [2.75, 3.05) is 0 Å². The zero-order valence-electron chi connectivity index (χ0n) is 11.2. The van der Waals surface area contributed by atoms with Crippen LogP contribution in [-0.4, -0.2) is 17.9 Å². The molecule has 3 nitrogen and oxygen atoms in total. The summed E-state index contributed by atoms with van der Waals surface area (Å²) in [6.45, 7) is 0.